The van der Waals surface area contributed by atoms with Crippen LogP contribution in [0.25, 0.3) is 16.7 Å². The highest BCUT2D eigenvalue weighted by Crippen LogP contribution is 2.26. The van der Waals surface area contributed by atoms with Crippen molar-refractivity contribution in [1.82, 2.24) is 29.7 Å². The van der Waals surface area contributed by atoms with Crippen LogP contribution < -0.4 is 10.2 Å². The second kappa shape index (κ2) is 7.86. The largest absolute Gasteiger partial charge is 0.356 e. The number of para-hydroxylation sites is 1. The first kappa shape index (κ1) is 18.2. The number of hydrogen-bond donors (Lipinski definition) is 1. The molecule has 1 aromatic carbocycles. The third-order valence-corrected chi connectivity index (χ3v) is 5.37. The average Bonchev–Trinajstić information content (AvgIpc) is 3.35. The zero-order valence-electron chi connectivity index (χ0n) is 16.2. The topological polar surface area (TPSA) is 102 Å². The van der Waals surface area contributed by atoms with Crippen LogP contribution in [0.4, 0.5) is 11.5 Å². The molecule has 0 atom stereocenters. The predicted octanol–water partition coefficient (Wildman–Crippen LogP) is 2.46. The Morgan fingerprint density at radius 2 is 1.83 bits per heavy atom. The van der Waals surface area contributed by atoms with Gasteiger partial charge in [0.1, 0.15) is 24.8 Å². The smallest absolute Gasteiger partial charge is 0.227 e. The van der Waals surface area contributed by atoms with Crippen molar-refractivity contribution in [2.75, 3.05) is 23.3 Å². The van der Waals surface area contributed by atoms with Crippen LogP contribution in [0.5, 0.6) is 0 Å². The van der Waals surface area contributed by atoms with Crippen molar-refractivity contribution in [3.05, 3.63) is 61.6 Å². The summed E-state index contributed by atoms with van der Waals surface area (Å²) >= 11 is 0. The number of nitrogens with one attached hydrogen (secondary N) is 1. The lowest BCUT2D eigenvalue weighted by Gasteiger charge is -2.32. The molecule has 1 aliphatic heterocycles. The van der Waals surface area contributed by atoms with Gasteiger partial charge < -0.3 is 10.2 Å². The van der Waals surface area contributed by atoms with Crippen LogP contribution in [-0.2, 0) is 4.79 Å². The monoisotopic (exact) mass is 400 g/mol. The van der Waals surface area contributed by atoms with E-state index in [-0.39, 0.29) is 11.8 Å². The van der Waals surface area contributed by atoms with Gasteiger partial charge in [-0.25, -0.2) is 19.6 Å². The highest BCUT2D eigenvalue weighted by Gasteiger charge is 2.26. The lowest BCUT2D eigenvalue weighted by Crippen LogP contribution is -2.38. The van der Waals surface area contributed by atoms with Crippen molar-refractivity contribution in [2.45, 2.75) is 12.8 Å². The van der Waals surface area contributed by atoms with Gasteiger partial charge in [-0.2, -0.15) is 5.10 Å². The molecular weight excluding hydrogens is 380 g/mol. The van der Waals surface area contributed by atoms with E-state index in [0.717, 1.165) is 48.3 Å². The number of fused-ring (bicyclic) bond motifs is 1. The molecule has 1 amide bonds. The van der Waals surface area contributed by atoms with E-state index in [9.17, 15) is 4.79 Å². The highest BCUT2D eigenvalue weighted by atomic mass is 16.1. The van der Waals surface area contributed by atoms with Crippen molar-refractivity contribution >= 4 is 28.3 Å². The van der Waals surface area contributed by atoms with Crippen LogP contribution in [0.1, 0.15) is 12.8 Å². The molecule has 1 fully saturated rings. The van der Waals surface area contributed by atoms with Crippen LogP contribution in [0.3, 0.4) is 0 Å². The summed E-state index contributed by atoms with van der Waals surface area (Å²) in [7, 11) is 0. The Morgan fingerprint density at radius 1 is 1.00 bits per heavy atom. The van der Waals surface area contributed by atoms with E-state index in [1.165, 1.54) is 12.7 Å². The molecule has 1 aliphatic rings. The van der Waals surface area contributed by atoms with E-state index in [1.54, 1.807) is 17.2 Å². The minimum absolute atomic E-state index is 0.0406. The standard InChI is InChI=1S/C21H20N8O/c30-21(27-17-5-1-3-15-4-2-8-23-20(15)17)16-6-9-28(10-7-16)18-11-19(25-13-24-18)29-14-22-12-26-29/h1-5,8,11-14,16H,6-7,9-10H2,(H,27,30). The van der Waals surface area contributed by atoms with Gasteiger partial charge in [-0.1, -0.05) is 18.2 Å². The molecule has 0 spiro atoms. The predicted molar refractivity (Wildman–Crippen MR) is 112 cm³/mol. The maximum absolute atomic E-state index is 12.9. The Hall–Kier alpha value is -3.88. The van der Waals surface area contributed by atoms with E-state index in [2.05, 4.69) is 35.3 Å². The van der Waals surface area contributed by atoms with Gasteiger partial charge in [-0.05, 0) is 25.0 Å². The van der Waals surface area contributed by atoms with Gasteiger partial charge in [-0.3, -0.25) is 9.78 Å². The van der Waals surface area contributed by atoms with E-state index < -0.39 is 0 Å². The fourth-order valence-corrected chi connectivity index (χ4v) is 3.77. The molecule has 1 N–H and O–H groups in total. The van der Waals surface area contributed by atoms with Crippen LogP contribution in [0.15, 0.2) is 61.6 Å². The number of benzene rings is 1. The van der Waals surface area contributed by atoms with Crippen molar-refractivity contribution < 1.29 is 4.79 Å². The van der Waals surface area contributed by atoms with Crippen molar-refractivity contribution in [3.63, 3.8) is 0 Å². The van der Waals surface area contributed by atoms with Gasteiger partial charge in [0.2, 0.25) is 5.91 Å². The van der Waals surface area contributed by atoms with Crippen LogP contribution in [0, 0.1) is 5.92 Å². The quantitative estimate of drug-likeness (QED) is 0.561. The highest BCUT2D eigenvalue weighted by molar-refractivity contribution is 6.01. The summed E-state index contributed by atoms with van der Waals surface area (Å²) in [5, 5.41) is 8.19. The normalized spacial score (nSPS) is 14.7. The summed E-state index contributed by atoms with van der Waals surface area (Å²) in [5.41, 5.74) is 1.57. The summed E-state index contributed by atoms with van der Waals surface area (Å²) < 4.78 is 1.60. The van der Waals surface area contributed by atoms with E-state index >= 15 is 0 Å². The summed E-state index contributed by atoms with van der Waals surface area (Å²) in [6.07, 6.45) is 7.85. The third kappa shape index (κ3) is 3.57. The molecule has 5 rings (SSSR count). The maximum atomic E-state index is 12.9. The number of hydrogen-bond acceptors (Lipinski definition) is 7. The van der Waals surface area contributed by atoms with Gasteiger partial charge in [0.25, 0.3) is 0 Å². The average molecular weight is 400 g/mol. The zero-order valence-corrected chi connectivity index (χ0v) is 16.2. The lowest BCUT2D eigenvalue weighted by molar-refractivity contribution is -0.120. The molecule has 0 aliphatic carbocycles. The molecule has 0 unspecified atom stereocenters. The first-order valence-electron chi connectivity index (χ1n) is 9.84. The number of carbonyl (C=O) groups is 1. The lowest BCUT2D eigenvalue weighted by atomic mass is 9.95. The fourth-order valence-electron chi connectivity index (χ4n) is 3.77. The summed E-state index contributed by atoms with van der Waals surface area (Å²) in [5.74, 6) is 1.49. The number of pyridine rings is 1. The molecule has 0 radical (unpaired) electrons. The Bertz CT molecular complexity index is 1160. The Balaban J connectivity index is 1.25. The Morgan fingerprint density at radius 3 is 2.67 bits per heavy atom. The van der Waals surface area contributed by atoms with Gasteiger partial charge in [0, 0.05) is 36.7 Å². The summed E-state index contributed by atoms with van der Waals surface area (Å²) in [6.45, 7) is 1.50. The fraction of sp³-hybridized carbons (Fsp3) is 0.238. The van der Waals surface area contributed by atoms with Crippen LogP contribution in [-0.4, -0.2) is 48.7 Å². The van der Waals surface area contributed by atoms with Crippen molar-refractivity contribution in [1.29, 1.82) is 0 Å². The molecule has 4 aromatic rings. The number of amides is 1. The minimum Gasteiger partial charge on any atom is -0.356 e. The van der Waals surface area contributed by atoms with Crippen LogP contribution in [0.2, 0.25) is 0 Å². The van der Waals surface area contributed by atoms with E-state index in [4.69, 9.17) is 0 Å². The molecular formula is C21H20N8O. The molecule has 0 saturated carbocycles. The number of carbonyl (C=O) groups excluding carboxylic acids is 1. The molecule has 4 heterocycles. The number of aromatic nitrogens is 6. The van der Waals surface area contributed by atoms with Crippen molar-refractivity contribution in [3.8, 4) is 5.82 Å². The molecule has 3 aromatic heterocycles. The number of nitrogens with zero attached hydrogens (tertiary/aromatic N) is 7. The molecule has 0 bridgehead atoms. The first-order chi connectivity index (χ1) is 14.8. The Kier molecular flexibility index (Phi) is 4.76. The SMILES string of the molecule is O=C(Nc1cccc2cccnc12)C1CCN(c2cc(-n3cncn3)ncn2)CC1. The van der Waals surface area contributed by atoms with Crippen molar-refractivity contribution in [2.24, 2.45) is 5.92 Å². The van der Waals surface area contributed by atoms with Gasteiger partial charge in [0.05, 0.1) is 11.2 Å². The third-order valence-electron chi connectivity index (χ3n) is 5.37. The van der Waals surface area contributed by atoms with Gasteiger partial charge >= 0.3 is 0 Å². The van der Waals surface area contributed by atoms with E-state index in [1.807, 2.05) is 36.4 Å². The van der Waals surface area contributed by atoms with Gasteiger partial charge in [0.15, 0.2) is 5.82 Å². The molecule has 1 saturated heterocycles. The molecule has 9 nitrogen and oxygen atoms in total. The zero-order chi connectivity index (χ0) is 20.3. The number of rotatable bonds is 4. The number of piperidine rings is 1. The molecule has 150 valence electrons. The van der Waals surface area contributed by atoms with Crippen LogP contribution >= 0.6 is 0 Å². The molecule has 9 heteroatoms. The second-order valence-corrected chi connectivity index (χ2v) is 7.21. The summed E-state index contributed by atoms with van der Waals surface area (Å²) in [4.78, 5) is 32.0. The van der Waals surface area contributed by atoms with Gasteiger partial charge in [-0.15, -0.1) is 0 Å². The second-order valence-electron chi connectivity index (χ2n) is 7.21. The van der Waals surface area contributed by atoms with E-state index in [0.29, 0.717) is 5.82 Å². The maximum Gasteiger partial charge on any atom is 0.227 e. The Labute approximate surface area is 172 Å². The number of anilines is 2. The summed E-state index contributed by atoms with van der Waals surface area (Å²) in [6, 6.07) is 11.6. The molecule has 30 heavy (non-hydrogen) atoms. The first-order valence-corrected chi connectivity index (χ1v) is 9.84. The minimum atomic E-state index is -0.0446.